The van der Waals surface area contributed by atoms with Crippen molar-refractivity contribution in [3.8, 4) is 0 Å². The zero-order valence-corrected chi connectivity index (χ0v) is 37.0. The largest absolute Gasteiger partial charge is 0.464 e. The van der Waals surface area contributed by atoms with Gasteiger partial charge in [-0.2, -0.15) is 0 Å². The van der Waals surface area contributed by atoms with Crippen LogP contribution in [0, 0.1) is 23.7 Å². The van der Waals surface area contributed by atoms with Gasteiger partial charge in [0.25, 0.3) is 0 Å². The van der Waals surface area contributed by atoms with E-state index in [0.29, 0.717) is 25.9 Å². The second kappa shape index (κ2) is 16.8. The molecule has 0 bridgehead atoms. The van der Waals surface area contributed by atoms with Gasteiger partial charge in [0.05, 0.1) is 31.5 Å². The molecule has 11 nitrogen and oxygen atoms in total. The second-order valence-electron chi connectivity index (χ2n) is 18.8. The molecule has 4 heterocycles. The molecule has 54 heavy (non-hydrogen) atoms. The number of rotatable bonds is 13. The third kappa shape index (κ3) is 9.96. The zero-order valence-electron chi connectivity index (χ0n) is 36.0. The summed E-state index contributed by atoms with van der Waals surface area (Å²) in [6.45, 7) is 33.3. The average molecular weight is 781 g/mol. The highest BCUT2D eigenvalue weighted by Crippen LogP contribution is 2.50. The Hall–Kier alpha value is -1.48. The number of allylic oxidation sites excluding steroid dienone is 1. The predicted octanol–water partition coefficient (Wildman–Crippen LogP) is 8.26. The third-order valence-corrected chi connectivity index (χ3v) is 16.6. The van der Waals surface area contributed by atoms with Crippen LogP contribution >= 0.6 is 0 Å². The molecule has 4 aliphatic heterocycles. The van der Waals surface area contributed by atoms with E-state index in [-0.39, 0.29) is 59.7 Å². The fraction of sp³-hybridized carbons (Fsp3) is 0.857. The molecule has 0 aromatic carbocycles. The van der Waals surface area contributed by atoms with E-state index in [2.05, 4.69) is 67.3 Å². The Labute approximate surface area is 326 Å². The number of carbonyl (C=O) groups excluding carboxylic acids is 2. The van der Waals surface area contributed by atoms with Crippen LogP contribution in [0.1, 0.15) is 115 Å². The maximum atomic E-state index is 14.1. The minimum Gasteiger partial charge on any atom is -0.464 e. The van der Waals surface area contributed by atoms with Crippen molar-refractivity contribution in [2.75, 3.05) is 20.3 Å². The van der Waals surface area contributed by atoms with E-state index in [1.807, 2.05) is 26.8 Å². The molecule has 0 aromatic rings. The summed E-state index contributed by atoms with van der Waals surface area (Å²) in [6, 6.07) is 0. The lowest BCUT2D eigenvalue weighted by Crippen LogP contribution is -2.62. The number of esters is 1. The van der Waals surface area contributed by atoms with Crippen LogP contribution in [0.3, 0.4) is 0 Å². The molecule has 4 saturated heterocycles. The van der Waals surface area contributed by atoms with Crippen molar-refractivity contribution in [3.63, 3.8) is 0 Å². The minimum atomic E-state index is -2.08. The van der Waals surface area contributed by atoms with Gasteiger partial charge in [-0.15, -0.1) is 6.58 Å². The standard InChI is InChI=1S/C42H72O11Si/c1-17-28(5)34-24-41(52-39(10,11)48-34)30(23-31(25-47-41)51-54(15,16)38(7,8)9)20-26(3)19-27(4)21-32(43)35-33(45-14)22-29(6)42(49-35)36(37(44)46-18-2)50-40(12,13)53-42/h17,20,27-31,33-36H,1,18-19,21-25H2,2-16H3/b26-20+/t27-,28-,29+,30-,31+,33-,34-,35+,36-,41+,42-/m0/s1. The van der Waals surface area contributed by atoms with Gasteiger partial charge in [0.2, 0.25) is 11.9 Å². The van der Waals surface area contributed by atoms with E-state index >= 15 is 0 Å². The van der Waals surface area contributed by atoms with Crippen LogP contribution in [0.25, 0.3) is 0 Å². The van der Waals surface area contributed by atoms with Crippen LogP contribution in [-0.2, 0) is 51.9 Å². The number of Topliss-reactive ketones (excluding diaryl/α,β-unsaturated/α-hetero) is 1. The van der Waals surface area contributed by atoms with Crippen LogP contribution in [0.2, 0.25) is 18.1 Å². The first-order valence-electron chi connectivity index (χ1n) is 20.1. The van der Waals surface area contributed by atoms with Gasteiger partial charge < -0.3 is 42.3 Å². The van der Waals surface area contributed by atoms with E-state index in [9.17, 15) is 9.59 Å². The Morgan fingerprint density at radius 2 is 1.65 bits per heavy atom. The number of carbonyl (C=O) groups is 2. The van der Waals surface area contributed by atoms with Gasteiger partial charge in [-0.25, -0.2) is 4.79 Å². The summed E-state index contributed by atoms with van der Waals surface area (Å²) < 4.78 is 57.0. The first-order valence-corrected chi connectivity index (χ1v) is 23.0. The van der Waals surface area contributed by atoms with Crippen molar-refractivity contribution in [2.45, 2.75) is 187 Å². The monoisotopic (exact) mass is 780 g/mol. The van der Waals surface area contributed by atoms with Gasteiger partial charge in [-0.3, -0.25) is 4.79 Å². The van der Waals surface area contributed by atoms with E-state index in [1.165, 1.54) is 0 Å². The highest BCUT2D eigenvalue weighted by Gasteiger charge is 2.65. The Bertz CT molecular complexity index is 1370. The second-order valence-corrected chi connectivity index (χ2v) is 23.6. The van der Waals surface area contributed by atoms with E-state index in [1.54, 1.807) is 27.9 Å². The van der Waals surface area contributed by atoms with Crippen LogP contribution in [-0.4, -0.2) is 94.1 Å². The van der Waals surface area contributed by atoms with Crippen LogP contribution < -0.4 is 0 Å². The number of ether oxygens (including phenoxy) is 8. The van der Waals surface area contributed by atoms with Crippen molar-refractivity contribution in [2.24, 2.45) is 23.7 Å². The van der Waals surface area contributed by atoms with E-state index in [4.69, 9.17) is 42.3 Å². The normalized spacial score (nSPS) is 36.9. The quantitative estimate of drug-likeness (QED) is 0.102. The summed E-state index contributed by atoms with van der Waals surface area (Å²) >= 11 is 0. The van der Waals surface area contributed by atoms with Crippen molar-refractivity contribution in [3.05, 3.63) is 24.3 Å². The third-order valence-electron chi connectivity index (χ3n) is 12.1. The van der Waals surface area contributed by atoms with Crippen molar-refractivity contribution < 1.29 is 51.9 Å². The highest BCUT2D eigenvalue weighted by molar-refractivity contribution is 6.74. The summed E-state index contributed by atoms with van der Waals surface area (Å²) in [5.74, 6) is -5.41. The smallest absolute Gasteiger partial charge is 0.341 e. The zero-order chi connectivity index (χ0) is 40.7. The lowest BCUT2D eigenvalue weighted by atomic mass is 9.80. The van der Waals surface area contributed by atoms with Gasteiger partial charge in [0.15, 0.2) is 31.5 Å². The molecule has 0 unspecified atom stereocenters. The first kappa shape index (κ1) is 45.2. The fourth-order valence-electron chi connectivity index (χ4n) is 8.39. The fourth-order valence-corrected chi connectivity index (χ4v) is 9.74. The molecule has 0 N–H and O–H groups in total. The first-order chi connectivity index (χ1) is 24.8. The van der Waals surface area contributed by atoms with Gasteiger partial charge in [0.1, 0.15) is 6.10 Å². The molecular formula is C42H72O11Si. The Kier molecular flexibility index (Phi) is 14.1. The van der Waals surface area contributed by atoms with E-state index < -0.39 is 55.7 Å². The number of methoxy groups -OCH3 is 1. The van der Waals surface area contributed by atoms with Gasteiger partial charge in [-0.1, -0.05) is 59.3 Å². The number of ketones is 1. The van der Waals surface area contributed by atoms with Crippen molar-refractivity contribution in [1.82, 2.24) is 0 Å². The molecule has 0 amide bonds. The van der Waals surface area contributed by atoms with Crippen molar-refractivity contribution >= 4 is 20.1 Å². The van der Waals surface area contributed by atoms with E-state index in [0.717, 1.165) is 12.0 Å². The highest BCUT2D eigenvalue weighted by atomic mass is 28.4. The summed E-state index contributed by atoms with van der Waals surface area (Å²) in [5.41, 5.74) is 1.13. The molecule has 0 aliphatic carbocycles. The van der Waals surface area contributed by atoms with Gasteiger partial charge >= 0.3 is 5.97 Å². The lowest BCUT2D eigenvalue weighted by molar-refractivity contribution is -0.425. The molecule has 4 rings (SSSR count). The maximum Gasteiger partial charge on any atom is 0.341 e. The SMILES string of the molecule is C=C[C@H](C)[C@@H]1C[C@@]2(OC[C@H](O[Si](C)(C)C(C)(C)C)C[C@@H]2/C=C(\C)C[C@H](C)CC(=O)[C@H]2O[C@]3(OC(C)(C)O[C@H]3C(=O)OCC)[C@H](C)C[C@@H]2OC)OC(C)(C)O1. The summed E-state index contributed by atoms with van der Waals surface area (Å²) in [6.07, 6.45) is 4.07. The maximum absolute atomic E-state index is 14.1. The van der Waals surface area contributed by atoms with Gasteiger partial charge in [-0.05, 0) is 84.9 Å². The molecule has 0 radical (unpaired) electrons. The van der Waals surface area contributed by atoms with Crippen molar-refractivity contribution in [1.29, 1.82) is 0 Å². The van der Waals surface area contributed by atoms with Crippen LogP contribution in [0.4, 0.5) is 0 Å². The van der Waals surface area contributed by atoms with Gasteiger partial charge in [0, 0.05) is 37.7 Å². The Morgan fingerprint density at radius 3 is 2.24 bits per heavy atom. The average Bonchev–Trinajstić information content (AvgIpc) is 3.32. The summed E-state index contributed by atoms with van der Waals surface area (Å²) in [4.78, 5) is 27.3. The molecular weight excluding hydrogens is 709 g/mol. The Balaban J connectivity index is 1.56. The molecule has 0 aromatic heterocycles. The molecule has 310 valence electrons. The lowest BCUT2D eigenvalue weighted by Gasteiger charge is -2.55. The number of hydrogen-bond donors (Lipinski definition) is 0. The van der Waals surface area contributed by atoms with Crippen LogP contribution in [0.5, 0.6) is 0 Å². The number of hydrogen-bond acceptors (Lipinski definition) is 11. The predicted molar refractivity (Wildman–Crippen MR) is 209 cm³/mol. The molecule has 4 aliphatic rings. The Morgan fingerprint density at radius 1 is 1.00 bits per heavy atom. The molecule has 0 saturated carbocycles. The molecule has 12 heteroatoms. The molecule has 4 fully saturated rings. The molecule has 2 spiro atoms. The minimum absolute atomic E-state index is 0.0245. The summed E-state index contributed by atoms with van der Waals surface area (Å²) in [7, 11) is -0.498. The molecule has 11 atom stereocenters. The topological polar surface area (TPSA) is 117 Å². The van der Waals surface area contributed by atoms with Crippen LogP contribution in [0.15, 0.2) is 24.3 Å². The summed E-state index contributed by atoms with van der Waals surface area (Å²) in [5, 5.41) is 0.0570.